The van der Waals surface area contributed by atoms with Crippen LogP contribution in [0.3, 0.4) is 0 Å². The maximum atomic E-state index is 13.1. The number of methoxy groups -OCH3 is 1. The Hall–Kier alpha value is -2.98. The van der Waals surface area contributed by atoms with Crippen LogP contribution in [0.1, 0.15) is 60.6 Å². The first-order chi connectivity index (χ1) is 17.3. The number of piperidine rings is 1. The molecule has 3 amide bonds. The van der Waals surface area contributed by atoms with E-state index in [1.807, 2.05) is 24.3 Å². The van der Waals surface area contributed by atoms with Crippen LogP contribution in [0.25, 0.3) is 0 Å². The summed E-state index contributed by atoms with van der Waals surface area (Å²) in [6.07, 6.45) is 1.46. The second-order valence-electron chi connectivity index (χ2n) is 9.09. The van der Waals surface area contributed by atoms with Crippen molar-refractivity contribution in [1.29, 1.82) is 0 Å². The number of hydrogen-bond donors (Lipinski definition) is 1. The largest absolute Gasteiger partial charge is 0.466 e. The number of rotatable bonds is 10. The molecule has 9 nitrogen and oxygen atoms in total. The number of carbonyl (C=O) groups is 3. The van der Waals surface area contributed by atoms with Crippen molar-refractivity contribution in [2.45, 2.75) is 46.1 Å². The van der Waals surface area contributed by atoms with Gasteiger partial charge in [0.15, 0.2) is 0 Å². The summed E-state index contributed by atoms with van der Waals surface area (Å²) in [7, 11) is 1.59. The number of anilines is 1. The van der Waals surface area contributed by atoms with Crippen molar-refractivity contribution in [2.75, 3.05) is 45.3 Å². The zero-order valence-electron chi connectivity index (χ0n) is 21.5. The first-order valence-electron chi connectivity index (χ1n) is 12.4. The molecule has 2 aromatic rings. The standard InChI is InChI=1S/C26H36N4O5S/c1-5-35-25(32)20-7-6-12-29(15-20)24(31)22-17-36-23(28-22)16-30(13-14-34-4)26(33)27-21-10-8-19(9-11-21)18(2)3/h8-11,17-18,20H,5-7,12-16H2,1-4H3,(H,27,33). The number of esters is 1. The molecule has 0 radical (unpaired) electrons. The van der Waals surface area contributed by atoms with E-state index in [1.165, 1.54) is 16.9 Å². The van der Waals surface area contributed by atoms with E-state index in [4.69, 9.17) is 9.47 Å². The molecular weight excluding hydrogens is 480 g/mol. The third-order valence-corrected chi connectivity index (χ3v) is 6.94. The van der Waals surface area contributed by atoms with Crippen molar-refractivity contribution in [3.8, 4) is 0 Å². The molecule has 0 saturated carbocycles. The summed E-state index contributed by atoms with van der Waals surface area (Å²) in [5.74, 6) is -0.350. The van der Waals surface area contributed by atoms with Gasteiger partial charge < -0.3 is 24.6 Å². The predicted molar refractivity (Wildman–Crippen MR) is 139 cm³/mol. The van der Waals surface area contributed by atoms with Crippen molar-refractivity contribution in [3.05, 3.63) is 45.9 Å². The lowest BCUT2D eigenvalue weighted by Crippen LogP contribution is -2.43. The highest BCUT2D eigenvalue weighted by atomic mass is 32.1. The molecule has 2 heterocycles. The Morgan fingerprint density at radius 1 is 1.25 bits per heavy atom. The molecule has 1 fully saturated rings. The maximum absolute atomic E-state index is 13.1. The fraction of sp³-hybridized carbons (Fsp3) is 0.538. The monoisotopic (exact) mass is 516 g/mol. The van der Waals surface area contributed by atoms with Gasteiger partial charge in [-0.05, 0) is 43.4 Å². The quantitative estimate of drug-likeness (QED) is 0.471. The number of ether oxygens (including phenoxy) is 2. The van der Waals surface area contributed by atoms with Gasteiger partial charge >= 0.3 is 12.0 Å². The Morgan fingerprint density at radius 3 is 2.67 bits per heavy atom. The summed E-state index contributed by atoms with van der Waals surface area (Å²) in [6, 6.07) is 7.53. The van der Waals surface area contributed by atoms with E-state index in [0.29, 0.717) is 61.6 Å². The van der Waals surface area contributed by atoms with Crippen LogP contribution in [0, 0.1) is 5.92 Å². The van der Waals surface area contributed by atoms with Gasteiger partial charge in [0.25, 0.3) is 5.91 Å². The van der Waals surface area contributed by atoms with E-state index < -0.39 is 0 Å². The second-order valence-corrected chi connectivity index (χ2v) is 10.0. The number of nitrogens with one attached hydrogen (secondary N) is 1. The second kappa shape index (κ2) is 13.4. The van der Waals surface area contributed by atoms with Crippen LogP contribution in [0.5, 0.6) is 0 Å². The molecule has 1 atom stereocenters. The molecule has 1 aliphatic rings. The van der Waals surface area contributed by atoms with Crippen LogP contribution < -0.4 is 5.32 Å². The number of carbonyl (C=O) groups excluding carboxylic acids is 3. The fourth-order valence-corrected chi connectivity index (χ4v) is 4.81. The SMILES string of the molecule is CCOC(=O)C1CCCN(C(=O)c2csc(CN(CCOC)C(=O)Nc3ccc(C(C)C)cc3)n2)C1. The van der Waals surface area contributed by atoms with Gasteiger partial charge in [0, 0.05) is 37.8 Å². The normalized spacial score (nSPS) is 15.6. The van der Waals surface area contributed by atoms with E-state index in [9.17, 15) is 14.4 Å². The smallest absolute Gasteiger partial charge is 0.322 e. The lowest BCUT2D eigenvalue weighted by molar-refractivity contribution is -0.149. The summed E-state index contributed by atoms with van der Waals surface area (Å²) in [4.78, 5) is 46.0. The number of hydrogen-bond acceptors (Lipinski definition) is 7. The minimum Gasteiger partial charge on any atom is -0.466 e. The molecule has 3 rings (SSSR count). The average molecular weight is 517 g/mol. The number of thiazole rings is 1. The van der Waals surface area contributed by atoms with Crippen LogP contribution >= 0.6 is 11.3 Å². The third-order valence-electron chi connectivity index (χ3n) is 6.11. The van der Waals surface area contributed by atoms with Gasteiger partial charge in [-0.1, -0.05) is 26.0 Å². The highest BCUT2D eigenvalue weighted by Gasteiger charge is 2.30. The first kappa shape index (κ1) is 27.6. The van der Waals surface area contributed by atoms with Crippen molar-refractivity contribution in [2.24, 2.45) is 5.92 Å². The van der Waals surface area contributed by atoms with E-state index in [2.05, 4.69) is 24.1 Å². The maximum Gasteiger partial charge on any atom is 0.322 e. The number of aromatic nitrogens is 1. The van der Waals surface area contributed by atoms with Gasteiger partial charge in [0.2, 0.25) is 0 Å². The van der Waals surface area contributed by atoms with Crippen molar-refractivity contribution in [3.63, 3.8) is 0 Å². The van der Waals surface area contributed by atoms with E-state index in [0.717, 1.165) is 6.42 Å². The zero-order chi connectivity index (χ0) is 26.1. The summed E-state index contributed by atoms with van der Waals surface area (Å²) in [6.45, 7) is 8.27. The zero-order valence-corrected chi connectivity index (χ0v) is 22.3. The first-order valence-corrected chi connectivity index (χ1v) is 13.3. The molecule has 1 unspecified atom stereocenters. The molecule has 1 saturated heterocycles. The topological polar surface area (TPSA) is 101 Å². The number of likely N-dealkylation sites (tertiary alicyclic amines) is 1. The average Bonchev–Trinajstić information content (AvgIpc) is 3.35. The highest BCUT2D eigenvalue weighted by Crippen LogP contribution is 2.22. The Kier molecular flexibility index (Phi) is 10.2. The molecule has 1 N–H and O–H groups in total. The molecule has 196 valence electrons. The van der Waals surface area contributed by atoms with Crippen LogP contribution in [0.15, 0.2) is 29.6 Å². The minimum absolute atomic E-state index is 0.204. The molecule has 36 heavy (non-hydrogen) atoms. The lowest BCUT2D eigenvalue weighted by atomic mass is 9.98. The number of amides is 3. The Bertz CT molecular complexity index is 1020. The molecule has 1 aromatic carbocycles. The predicted octanol–water partition coefficient (Wildman–Crippen LogP) is 4.36. The van der Waals surface area contributed by atoms with Crippen LogP contribution in [0.4, 0.5) is 10.5 Å². The van der Waals surface area contributed by atoms with Gasteiger partial charge in [-0.25, -0.2) is 9.78 Å². The van der Waals surface area contributed by atoms with E-state index in [1.54, 1.807) is 29.2 Å². The van der Waals surface area contributed by atoms with Crippen LogP contribution in [-0.2, 0) is 20.8 Å². The molecule has 0 spiro atoms. The molecule has 1 aliphatic heterocycles. The lowest BCUT2D eigenvalue weighted by Gasteiger charge is -2.31. The van der Waals surface area contributed by atoms with Crippen molar-refractivity contribution < 1.29 is 23.9 Å². The van der Waals surface area contributed by atoms with E-state index in [-0.39, 0.29) is 30.4 Å². The fourth-order valence-electron chi connectivity index (χ4n) is 4.03. The number of urea groups is 1. The van der Waals surface area contributed by atoms with E-state index >= 15 is 0 Å². The number of benzene rings is 1. The van der Waals surface area contributed by atoms with Crippen molar-refractivity contribution in [1.82, 2.24) is 14.8 Å². The van der Waals surface area contributed by atoms with Gasteiger partial charge in [0.1, 0.15) is 10.7 Å². The Morgan fingerprint density at radius 2 is 2.00 bits per heavy atom. The molecule has 10 heteroatoms. The summed E-state index contributed by atoms with van der Waals surface area (Å²) < 4.78 is 10.3. The summed E-state index contributed by atoms with van der Waals surface area (Å²) in [5, 5.41) is 5.30. The van der Waals surface area contributed by atoms with Crippen LogP contribution in [0.2, 0.25) is 0 Å². The Labute approximate surface area is 216 Å². The van der Waals surface area contributed by atoms with Gasteiger partial charge in [-0.2, -0.15) is 0 Å². The molecule has 0 bridgehead atoms. The molecule has 1 aromatic heterocycles. The van der Waals surface area contributed by atoms with Gasteiger partial charge in [0.05, 0.1) is 25.7 Å². The van der Waals surface area contributed by atoms with Crippen LogP contribution in [-0.4, -0.2) is 72.6 Å². The van der Waals surface area contributed by atoms with Crippen molar-refractivity contribution >= 4 is 34.9 Å². The summed E-state index contributed by atoms with van der Waals surface area (Å²) >= 11 is 1.34. The van der Waals surface area contributed by atoms with Gasteiger partial charge in [-0.15, -0.1) is 11.3 Å². The molecule has 0 aliphatic carbocycles. The summed E-state index contributed by atoms with van der Waals surface area (Å²) in [5.41, 5.74) is 2.24. The van der Waals surface area contributed by atoms with Gasteiger partial charge in [-0.3, -0.25) is 9.59 Å². The number of nitrogens with zero attached hydrogens (tertiary/aromatic N) is 3. The Balaban J connectivity index is 1.64. The highest BCUT2D eigenvalue weighted by molar-refractivity contribution is 7.09. The third kappa shape index (κ3) is 7.51. The minimum atomic E-state index is -0.302. The molecular formula is C26H36N4O5S.